The molecule has 2 N–H and O–H groups in total. The third-order valence-corrected chi connectivity index (χ3v) is 4.98. The largest absolute Gasteiger partial charge is 0.330 e. The molecule has 2 aromatic heterocycles. The van der Waals surface area contributed by atoms with Crippen LogP contribution in [0.15, 0.2) is 30.5 Å². The summed E-state index contributed by atoms with van der Waals surface area (Å²) < 4.78 is 3.77. The first-order valence-corrected chi connectivity index (χ1v) is 9.01. The van der Waals surface area contributed by atoms with E-state index in [1.807, 2.05) is 30.1 Å². The maximum Gasteiger partial charge on any atom is 0.276 e. The first-order valence-electron chi connectivity index (χ1n) is 9.01. The number of nitrogens with zero attached hydrogens (tertiary/aromatic N) is 6. The third kappa shape index (κ3) is 2.86. The van der Waals surface area contributed by atoms with Crippen molar-refractivity contribution in [1.82, 2.24) is 29.4 Å². The van der Waals surface area contributed by atoms with Crippen molar-refractivity contribution in [3.8, 4) is 0 Å². The number of fused-ring (bicyclic) bond motifs is 1. The monoisotopic (exact) mass is 353 g/mol. The Morgan fingerprint density at radius 2 is 2.19 bits per heavy atom. The fraction of sp³-hybridized carbons (Fsp3) is 0.444. The Bertz CT molecular complexity index is 929. The maximum absolute atomic E-state index is 13.0. The Hall–Kier alpha value is -2.74. The smallest absolute Gasteiger partial charge is 0.276 e. The number of rotatable bonds is 5. The van der Waals surface area contributed by atoms with Crippen LogP contribution in [0.25, 0.3) is 11.0 Å². The molecule has 1 amide bonds. The lowest BCUT2D eigenvalue weighted by molar-refractivity contribution is 0.0722. The van der Waals surface area contributed by atoms with E-state index in [2.05, 4.69) is 20.9 Å². The molecular weight excluding hydrogens is 330 g/mol. The summed E-state index contributed by atoms with van der Waals surface area (Å²) in [4.78, 5) is 19.6. The quantitative estimate of drug-likeness (QED) is 0.750. The van der Waals surface area contributed by atoms with Gasteiger partial charge in [0.05, 0.1) is 23.3 Å². The zero-order valence-electron chi connectivity index (χ0n) is 14.9. The van der Waals surface area contributed by atoms with Crippen molar-refractivity contribution in [3.05, 3.63) is 42.0 Å². The lowest BCUT2D eigenvalue weighted by atomic mass is 10.2. The SMILES string of the molecule is Cn1c(C2CCCN2C(=O)c2cn(CCCN)nn2)nc2ccccc21. The molecule has 1 aromatic carbocycles. The number of carbonyl (C=O) groups excluding carboxylic acids is 1. The van der Waals surface area contributed by atoms with Crippen LogP contribution in [0.3, 0.4) is 0 Å². The predicted octanol–water partition coefficient (Wildman–Crippen LogP) is 1.49. The van der Waals surface area contributed by atoms with Gasteiger partial charge in [0.15, 0.2) is 5.69 Å². The lowest BCUT2D eigenvalue weighted by Crippen LogP contribution is -2.32. The molecule has 1 atom stereocenters. The molecule has 3 heterocycles. The highest BCUT2D eigenvalue weighted by Crippen LogP contribution is 2.33. The standard InChI is InChI=1S/C18H23N7O/c1-23-15-7-3-2-6-13(15)20-17(23)16-8-4-11-25(16)18(26)14-12-24(22-21-14)10-5-9-19/h2-3,6-7,12,16H,4-5,8-11,19H2,1H3. The van der Waals surface area contributed by atoms with Crippen LogP contribution in [0.2, 0.25) is 0 Å². The first kappa shape index (κ1) is 16.7. The van der Waals surface area contributed by atoms with Gasteiger partial charge in [-0.2, -0.15) is 0 Å². The van der Waals surface area contributed by atoms with Crippen molar-refractivity contribution in [2.24, 2.45) is 12.8 Å². The van der Waals surface area contributed by atoms with E-state index in [1.165, 1.54) is 0 Å². The Balaban J connectivity index is 1.60. The van der Waals surface area contributed by atoms with E-state index in [4.69, 9.17) is 10.7 Å². The van der Waals surface area contributed by atoms with Crippen molar-refractivity contribution in [1.29, 1.82) is 0 Å². The van der Waals surface area contributed by atoms with Crippen LogP contribution in [0.5, 0.6) is 0 Å². The number of hydrogen-bond donors (Lipinski definition) is 1. The van der Waals surface area contributed by atoms with Crippen LogP contribution in [0.4, 0.5) is 0 Å². The summed E-state index contributed by atoms with van der Waals surface area (Å²) >= 11 is 0. The van der Waals surface area contributed by atoms with Gasteiger partial charge in [0.1, 0.15) is 5.82 Å². The van der Waals surface area contributed by atoms with Crippen LogP contribution in [-0.2, 0) is 13.6 Å². The Kier molecular flexibility index (Phi) is 4.42. The van der Waals surface area contributed by atoms with Crippen molar-refractivity contribution >= 4 is 16.9 Å². The van der Waals surface area contributed by atoms with Gasteiger partial charge in [-0.1, -0.05) is 17.3 Å². The molecule has 0 radical (unpaired) electrons. The molecule has 1 aliphatic heterocycles. The van der Waals surface area contributed by atoms with Gasteiger partial charge in [-0.3, -0.25) is 9.48 Å². The van der Waals surface area contributed by atoms with Crippen LogP contribution in [0, 0.1) is 0 Å². The van der Waals surface area contributed by atoms with E-state index >= 15 is 0 Å². The van der Waals surface area contributed by atoms with E-state index in [1.54, 1.807) is 10.9 Å². The van der Waals surface area contributed by atoms with E-state index in [-0.39, 0.29) is 11.9 Å². The summed E-state index contributed by atoms with van der Waals surface area (Å²) in [6.45, 7) is 1.97. The molecule has 26 heavy (non-hydrogen) atoms. The number of imidazole rings is 1. The molecule has 0 saturated carbocycles. The van der Waals surface area contributed by atoms with Gasteiger partial charge in [0.2, 0.25) is 0 Å². The summed E-state index contributed by atoms with van der Waals surface area (Å²) in [5.41, 5.74) is 7.94. The van der Waals surface area contributed by atoms with Crippen LogP contribution in [-0.4, -0.2) is 48.4 Å². The Morgan fingerprint density at radius 3 is 3.00 bits per heavy atom. The fourth-order valence-corrected chi connectivity index (χ4v) is 3.65. The number of amides is 1. The van der Waals surface area contributed by atoms with Gasteiger partial charge in [-0.05, 0) is 37.9 Å². The highest BCUT2D eigenvalue weighted by atomic mass is 16.2. The van der Waals surface area contributed by atoms with Gasteiger partial charge in [0.25, 0.3) is 5.91 Å². The molecule has 136 valence electrons. The van der Waals surface area contributed by atoms with Gasteiger partial charge >= 0.3 is 0 Å². The molecule has 3 aromatic rings. The number of carbonyl (C=O) groups is 1. The number of aryl methyl sites for hydroxylation is 2. The number of para-hydroxylation sites is 2. The van der Waals surface area contributed by atoms with Crippen LogP contribution in [0.1, 0.15) is 41.6 Å². The average molecular weight is 353 g/mol. The van der Waals surface area contributed by atoms with E-state index < -0.39 is 0 Å². The number of aromatic nitrogens is 5. The maximum atomic E-state index is 13.0. The van der Waals surface area contributed by atoms with Crippen molar-refractivity contribution in [2.45, 2.75) is 31.8 Å². The zero-order chi connectivity index (χ0) is 18.1. The topological polar surface area (TPSA) is 94.9 Å². The third-order valence-electron chi connectivity index (χ3n) is 4.98. The number of hydrogen-bond acceptors (Lipinski definition) is 5. The van der Waals surface area contributed by atoms with Crippen LogP contribution >= 0.6 is 0 Å². The molecule has 8 heteroatoms. The normalized spacial score (nSPS) is 17.3. The highest BCUT2D eigenvalue weighted by Gasteiger charge is 2.34. The molecular formula is C18H23N7O. The molecule has 4 rings (SSSR count). The molecule has 0 bridgehead atoms. The summed E-state index contributed by atoms with van der Waals surface area (Å²) in [6, 6.07) is 8.01. The van der Waals surface area contributed by atoms with Gasteiger partial charge in [-0.15, -0.1) is 5.10 Å². The summed E-state index contributed by atoms with van der Waals surface area (Å²) in [6.07, 6.45) is 4.39. The number of likely N-dealkylation sites (tertiary alicyclic amines) is 1. The lowest BCUT2D eigenvalue weighted by Gasteiger charge is -2.23. The highest BCUT2D eigenvalue weighted by molar-refractivity contribution is 5.92. The fourth-order valence-electron chi connectivity index (χ4n) is 3.65. The Labute approximate surface area is 151 Å². The average Bonchev–Trinajstić information content (AvgIpc) is 3.38. The van der Waals surface area contributed by atoms with Crippen LogP contribution < -0.4 is 5.73 Å². The molecule has 0 aliphatic carbocycles. The molecule has 1 saturated heterocycles. The second-order valence-electron chi connectivity index (χ2n) is 6.68. The molecule has 1 unspecified atom stereocenters. The summed E-state index contributed by atoms with van der Waals surface area (Å²) in [7, 11) is 2.01. The van der Waals surface area contributed by atoms with Crippen molar-refractivity contribution in [3.63, 3.8) is 0 Å². The first-order chi connectivity index (χ1) is 12.7. The molecule has 8 nitrogen and oxygen atoms in total. The van der Waals surface area contributed by atoms with Gasteiger partial charge < -0.3 is 15.2 Å². The summed E-state index contributed by atoms with van der Waals surface area (Å²) in [5.74, 6) is 0.839. The minimum atomic E-state index is -0.0847. The number of nitrogens with two attached hydrogens (primary N) is 1. The minimum absolute atomic E-state index is 0.0332. The minimum Gasteiger partial charge on any atom is -0.330 e. The summed E-state index contributed by atoms with van der Waals surface area (Å²) in [5, 5.41) is 8.10. The van der Waals surface area contributed by atoms with E-state index in [0.29, 0.717) is 25.3 Å². The van der Waals surface area contributed by atoms with Crippen molar-refractivity contribution < 1.29 is 4.79 Å². The van der Waals surface area contributed by atoms with Crippen molar-refractivity contribution in [2.75, 3.05) is 13.1 Å². The second kappa shape index (κ2) is 6.87. The molecule has 1 aliphatic rings. The number of benzene rings is 1. The molecule has 0 spiro atoms. The predicted molar refractivity (Wildman–Crippen MR) is 97.4 cm³/mol. The van der Waals surface area contributed by atoms with Gasteiger partial charge in [0, 0.05) is 20.1 Å². The zero-order valence-corrected chi connectivity index (χ0v) is 14.9. The van der Waals surface area contributed by atoms with E-state index in [9.17, 15) is 4.79 Å². The molecule has 1 fully saturated rings. The van der Waals surface area contributed by atoms with Gasteiger partial charge in [-0.25, -0.2) is 4.98 Å². The second-order valence-corrected chi connectivity index (χ2v) is 6.68. The Morgan fingerprint density at radius 1 is 1.35 bits per heavy atom. The van der Waals surface area contributed by atoms with E-state index in [0.717, 1.165) is 36.1 Å².